The van der Waals surface area contributed by atoms with E-state index >= 15 is 0 Å². The Bertz CT molecular complexity index is 954. The van der Waals surface area contributed by atoms with Crippen LogP contribution in [0.2, 0.25) is 0 Å². The van der Waals surface area contributed by atoms with Crippen LogP contribution >= 0.6 is 0 Å². The minimum absolute atomic E-state index is 0.0813. The molecule has 0 N–H and O–H groups in total. The lowest BCUT2D eigenvalue weighted by atomic mass is 9.88. The van der Waals surface area contributed by atoms with Crippen LogP contribution in [0.5, 0.6) is 5.75 Å². The number of anilines is 1. The first-order chi connectivity index (χ1) is 14.4. The zero-order valence-corrected chi connectivity index (χ0v) is 17.8. The third kappa shape index (κ3) is 4.57. The number of piperidine rings is 1. The molecule has 1 aromatic carbocycles. The lowest BCUT2D eigenvalue weighted by Crippen LogP contribution is -2.70. The van der Waals surface area contributed by atoms with E-state index in [-0.39, 0.29) is 23.9 Å². The van der Waals surface area contributed by atoms with Crippen molar-refractivity contribution in [3.63, 3.8) is 0 Å². The monoisotopic (exact) mass is 438 g/mol. The van der Waals surface area contributed by atoms with Gasteiger partial charge < -0.3 is 14.4 Å². The van der Waals surface area contributed by atoms with E-state index in [0.717, 1.165) is 17.9 Å². The molecule has 2 aromatic rings. The molecule has 2 unspecified atom stereocenters. The van der Waals surface area contributed by atoms with Crippen molar-refractivity contribution < 1.29 is 27.4 Å². The molecule has 3 aliphatic rings. The number of benzene rings is 1. The zero-order chi connectivity index (χ0) is 22.6. The fourth-order valence-electron chi connectivity index (χ4n) is 4.07. The average Bonchev–Trinajstić information content (AvgIpc) is 3.01. The predicted molar refractivity (Wildman–Crippen MR) is 107 cm³/mol. The zero-order valence-electron chi connectivity index (χ0n) is 17.8. The molecule has 3 aliphatic heterocycles. The second kappa shape index (κ2) is 7.35. The molecule has 3 saturated heterocycles. The molecule has 10 heteroatoms. The largest absolute Gasteiger partial charge is 0.573 e. The van der Waals surface area contributed by atoms with Gasteiger partial charge in [-0.15, -0.1) is 13.2 Å². The Labute approximate surface area is 178 Å². The molecule has 0 saturated carbocycles. The predicted octanol–water partition coefficient (Wildman–Crippen LogP) is 4.28. The van der Waals surface area contributed by atoms with Crippen molar-refractivity contribution in [2.24, 2.45) is 0 Å². The first kappa shape index (κ1) is 21.3. The van der Waals surface area contributed by atoms with Gasteiger partial charge in [0.05, 0.1) is 17.8 Å². The number of alkyl halides is 3. The quantitative estimate of drug-likeness (QED) is 0.716. The van der Waals surface area contributed by atoms with Gasteiger partial charge in [0.2, 0.25) is 0 Å². The summed E-state index contributed by atoms with van der Waals surface area (Å²) in [6.45, 7) is 8.75. The number of fused-ring (bicyclic) bond motifs is 2. The molecule has 168 valence electrons. The Morgan fingerprint density at radius 2 is 1.71 bits per heavy atom. The number of hydrogen-bond donors (Lipinski definition) is 0. The topological polar surface area (TPSA) is 59.8 Å². The van der Waals surface area contributed by atoms with Crippen LogP contribution in [0.3, 0.4) is 0 Å². The fraction of sp³-hybridized carbons (Fsp3) is 0.524. The molecule has 0 aliphatic carbocycles. The highest BCUT2D eigenvalue weighted by Crippen LogP contribution is 2.36. The van der Waals surface area contributed by atoms with Crippen molar-refractivity contribution in [1.29, 1.82) is 0 Å². The summed E-state index contributed by atoms with van der Waals surface area (Å²) in [6.07, 6.45) is -4.06. The number of aryl methyl sites for hydroxylation is 1. The van der Waals surface area contributed by atoms with E-state index in [0.29, 0.717) is 18.8 Å². The van der Waals surface area contributed by atoms with Gasteiger partial charge in [-0.1, -0.05) is 0 Å². The van der Waals surface area contributed by atoms with Crippen molar-refractivity contribution in [1.82, 2.24) is 14.7 Å². The van der Waals surface area contributed by atoms with Crippen LogP contribution in [0.4, 0.5) is 23.8 Å². The van der Waals surface area contributed by atoms with Gasteiger partial charge in [0.25, 0.3) is 0 Å². The molecule has 3 fully saturated rings. The number of carbonyl (C=O) groups excluding carboxylic acids is 1. The minimum atomic E-state index is -4.72. The lowest BCUT2D eigenvalue weighted by Gasteiger charge is -2.55. The molecule has 2 atom stereocenters. The Kier molecular flexibility index (Phi) is 5.06. The summed E-state index contributed by atoms with van der Waals surface area (Å²) in [7, 11) is 0. The second-order valence-electron chi connectivity index (χ2n) is 8.93. The number of ether oxygens (including phenoxy) is 2. The molecule has 31 heavy (non-hydrogen) atoms. The summed E-state index contributed by atoms with van der Waals surface area (Å²) in [5.41, 5.74) is 0.954. The van der Waals surface area contributed by atoms with Gasteiger partial charge in [-0.2, -0.15) is 5.10 Å². The molecule has 2 bridgehead atoms. The van der Waals surface area contributed by atoms with Crippen LogP contribution in [-0.2, 0) is 4.74 Å². The smallest absolute Gasteiger partial charge is 0.444 e. The number of nitrogens with zero attached hydrogens (tertiary/aromatic N) is 4. The normalized spacial score (nSPS) is 21.0. The Morgan fingerprint density at radius 1 is 1.10 bits per heavy atom. The SMILES string of the molecule is Cc1cc(N2CC3CC(C2)N3C(=O)OC(C)(C)C)nn1-c1ccc(OC(F)(F)F)cc1. The van der Waals surface area contributed by atoms with Gasteiger partial charge in [0.1, 0.15) is 11.4 Å². The summed E-state index contributed by atoms with van der Waals surface area (Å²) < 4.78 is 48.2. The van der Waals surface area contributed by atoms with Gasteiger partial charge in [0, 0.05) is 24.8 Å². The molecule has 1 aromatic heterocycles. The maximum atomic E-state index is 12.4. The van der Waals surface area contributed by atoms with E-state index in [1.54, 1.807) is 4.68 Å². The van der Waals surface area contributed by atoms with Gasteiger partial charge in [-0.3, -0.25) is 4.90 Å². The molecule has 5 rings (SSSR count). The van der Waals surface area contributed by atoms with E-state index in [1.165, 1.54) is 24.3 Å². The first-order valence-corrected chi connectivity index (χ1v) is 10.1. The summed E-state index contributed by atoms with van der Waals surface area (Å²) in [5, 5.41) is 4.64. The third-order valence-corrected chi connectivity index (χ3v) is 5.31. The van der Waals surface area contributed by atoms with Gasteiger partial charge in [-0.25, -0.2) is 9.48 Å². The molecular weight excluding hydrogens is 413 g/mol. The number of aromatic nitrogens is 2. The number of rotatable bonds is 3. The summed E-state index contributed by atoms with van der Waals surface area (Å²) in [4.78, 5) is 16.4. The van der Waals surface area contributed by atoms with Crippen LogP contribution in [0.25, 0.3) is 5.69 Å². The average molecular weight is 438 g/mol. The van der Waals surface area contributed by atoms with Crippen LogP contribution in [0, 0.1) is 6.92 Å². The van der Waals surface area contributed by atoms with Crippen LogP contribution in [-0.4, -0.2) is 57.9 Å². The molecule has 0 radical (unpaired) electrons. The fourth-order valence-corrected chi connectivity index (χ4v) is 4.07. The van der Waals surface area contributed by atoms with Crippen molar-refractivity contribution in [3.05, 3.63) is 36.0 Å². The Hall–Kier alpha value is -2.91. The van der Waals surface area contributed by atoms with Crippen molar-refractivity contribution in [3.8, 4) is 11.4 Å². The van der Waals surface area contributed by atoms with Crippen molar-refractivity contribution >= 4 is 11.9 Å². The standard InChI is InChI=1S/C21H25F3N4O3/c1-13-9-18(25-28(13)14-5-7-17(8-6-14)30-21(22,23)24)26-11-15-10-16(12-26)27(15)19(29)31-20(2,3)4/h5-9,15-16H,10-12H2,1-4H3. The number of amides is 1. The minimum Gasteiger partial charge on any atom is -0.444 e. The number of carbonyl (C=O) groups is 1. The van der Waals surface area contributed by atoms with E-state index < -0.39 is 12.0 Å². The maximum absolute atomic E-state index is 12.4. The molecule has 4 heterocycles. The first-order valence-electron chi connectivity index (χ1n) is 10.1. The summed E-state index contributed by atoms with van der Waals surface area (Å²) >= 11 is 0. The van der Waals surface area contributed by atoms with Crippen molar-refractivity contribution in [2.45, 2.75) is 58.2 Å². The molecule has 1 amide bonds. The van der Waals surface area contributed by atoms with E-state index in [1.807, 2.05) is 38.7 Å². The highest BCUT2D eigenvalue weighted by atomic mass is 19.4. The highest BCUT2D eigenvalue weighted by Gasteiger charge is 2.49. The van der Waals surface area contributed by atoms with E-state index in [9.17, 15) is 18.0 Å². The summed E-state index contributed by atoms with van der Waals surface area (Å²) in [6, 6.07) is 7.68. The number of piperazine rings is 1. The van der Waals surface area contributed by atoms with Crippen LogP contribution in [0.15, 0.2) is 30.3 Å². The number of halogens is 3. The highest BCUT2D eigenvalue weighted by molar-refractivity contribution is 5.71. The number of hydrogen-bond acceptors (Lipinski definition) is 5. The van der Waals surface area contributed by atoms with Crippen LogP contribution < -0.4 is 9.64 Å². The summed E-state index contributed by atoms with van der Waals surface area (Å²) in [5.74, 6) is 0.492. The lowest BCUT2D eigenvalue weighted by molar-refractivity contribution is -0.274. The van der Waals surface area contributed by atoms with Gasteiger partial charge in [-0.05, 0) is 58.4 Å². The van der Waals surface area contributed by atoms with Crippen molar-refractivity contribution in [2.75, 3.05) is 18.0 Å². The second-order valence-corrected chi connectivity index (χ2v) is 8.93. The Balaban J connectivity index is 1.44. The Morgan fingerprint density at radius 3 is 2.26 bits per heavy atom. The van der Waals surface area contributed by atoms with E-state index in [4.69, 9.17) is 4.74 Å². The van der Waals surface area contributed by atoms with Gasteiger partial charge in [0.15, 0.2) is 5.82 Å². The maximum Gasteiger partial charge on any atom is 0.573 e. The van der Waals surface area contributed by atoms with Gasteiger partial charge >= 0.3 is 12.5 Å². The van der Waals surface area contributed by atoms with E-state index in [2.05, 4.69) is 14.7 Å². The molecule has 0 spiro atoms. The molecule has 7 nitrogen and oxygen atoms in total. The third-order valence-electron chi connectivity index (χ3n) is 5.31. The van der Waals surface area contributed by atoms with Crippen LogP contribution in [0.1, 0.15) is 32.9 Å². The molecular formula is C21H25F3N4O3.